The number of carboxylic acids is 1. The molecule has 0 radical (unpaired) electrons. The maximum Gasteiger partial charge on any atom is 0.335 e. The highest BCUT2D eigenvalue weighted by Crippen LogP contribution is 2.45. The summed E-state index contributed by atoms with van der Waals surface area (Å²) in [4.78, 5) is 10.2. The van der Waals surface area contributed by atoms with E-state index in [0.717, 1.165) is 12.4 Å². The predicted molar refractivity (Wildman–Crippen MR) is 68.0 cm³/mol. The van der Waals surface area contributed by atoms with Crippen LogP contribution >= 0.6 is 11.6 Å². The molecule has 94 valence electrons. The number of halogens is 1. The van der Waals surface area contributed by atoms with Gasteiger partial charge in [0.15, 0.2) is 0 Å². The number of nitrogens with two attached hydrogens (primary N) is 1. The Kier molecular flexibility index (Phi) is 5.41. The van der Waals surface area contributed by atoms with Crippen LogP contribution in [0.2, 0.25) is 0 Å². The molecule has 0 aliphatic heterocycles. The molecule has 17 heavy (non-hydrogen) atoms. The maximum absolute atomic E-state index is 10.2. The molecule has 0 heterocycles. The van der Waals surface area contributed by atoms with Crippen molar-refractivity contribution in [3.63, 3.8) is 0 Å². The molecule has 1 aromatic rings. The van der Waals surface area contributed by atoms with Crippen LogP contribution in [0.1, 0.15) is 23.2 Å². The molecule has 4 N–H and O–H groups in total. The molecule has 0 unspecified atom stereocenters. The second-order valence-electron chi connectivity index (χ2n) is 4.19. The third-order valence-electron chi connectivity index (χ3n) is 2.74. The van der Waals surface area contributed by atoms with Gasteiger partial charge in [-0.1, -0.05) is 18.2 Å². The van der Waals surface area contributed by atoms with E-state index in [0.29, 0.717) is 11.0 Å². The molecule has 4 nitrogen and oxygen atoms in total. The van der Waals surface area contributed by atoms with Crippen molar-refractivity contribution < 1.29 is 9.90 Å². The van der Waals surface area contributed by atoms with Crippen molar-refractivity contribution in [2.45, 2.75) is 12.8 Å². The van der Waals surface area contributed by atoms with E-state index in [1.807, 2.05) is 0 Å². The van der Waals surface area contributed by atoms with E-state index >= 15 is 0 Å². The monoisotopic (exact) mass is 256 g/mol. The molecule has 1 aliphatic carbocycles. The highest BCUT2D eigenvalue weighted by atomic mass is 35.5. The first-order valence-corrected chi connectivity index (χ1v) is 5.95. The number of alkyl halides is 1. The minimum atomic E-state index is -0.879. The molecule has 1 fully saturated rings. The second kappa shape index (κ2) is 6.59. The lowest BCUT2D eigenvalue weighted by molar-refractivity contribution is 0.0697. The molecule has 0 aromatic heterocycles. The number of carbonyl (C=O) groups is 1. The van der Waals surface area contributed by atoms with E-state index < -0.39 is 5.97 Å². The van der Waals surface area contributed by atoms with Crippen LogP contribution in [-0.4, -0.2) is 23.5 Å². The average molecular weight is 257 g/mol. The fourth-order valence-electron chi connectivity index (χ4n) is 1.33. The van der Waals surface area contributed by atoms with Crippen LogP contribution in [0, 0.1) is 5.41 Å². The summed E-state index contributed by atoms with van der Waals surface area (Å²) >= 11 is 5.64. The van der Waals surface area contributed by atoms with Gasteiger partial charge in [0, 0.05) is 12.4 Å². The zero-order valence-corrected chi connectivity index (χ0v) is 10.3. The number of aromatic carboxylic acids is 1. The first kappa shape index (κ1) is 14.0. The van der Waals surface area contributed by atoms with Gasteiger partial charge in [-0.15, -0.1) is 11.6 Å². The minimum Gasteiger partial charge on any atom is -0.478 e. The lowest BCUT2D eigenvalue weighted by atomic mass is 10.1. The first-order chi connectivity index (χ1) is 8.13. The molecule has 0 atom stereocenters. The Balaban J connectivity index is 0.000000171. The van der Waals surface area contributed by atoms with Gasteiger partial charge in [-0.05, 0) is 30.4 Å². The summed E-state index contributed by atoms with van der Waals surface area (Å²) in [6, 6.07) is 8.30. The molecule has 0 bridgehead atoms. The van der Waals surface area contributed by atoms with E-state index in [4.69, 9.17) is 22.6 Å². The summed E-state index contributed by atoms with van der Waals surface area (Å²) in [6.45, 7) is 0.872. The summed E-state index contributed by atoms with van der Waals surface area (Å²) in [7, 11) is 0. The summed E-state index contributed by atoms with van der Waals surface area (Å²) in [5, 5.41) is 8.38. The van der Waals surface area contributed by atoms with Crippen LogP contribution in [0.3, 0.4) is 0 Å². The summed E-state index contributed by atoms with van der Waals surface area (Å²) < 4.78 is 0. The predicted octanol–water partition coefficient (Wildman–Crippen LogP) is 1.85. The standard InChI is InChI=1S/C7H6O2.C5H11ClN2/c8-7(9)6-4-2-1-3-5-6;6-3-5(1-2-5)4-8-7/h1-5H,(H,8,9);8H,1-4,7H2. The van der Waals surface area contributed by atoms with Crippen LogP contribution in [0.4, 0.5) is 0 Å². The zero-order chi connectivity index (χ0) is 12.7. The zero-order valence-electron chi connectivity index (χ0n) is 9.53. The Bertz CT molecular complexity index is 353. The van der Waals surface area contributed by atoms with E-state index in [1.165, 1.54) is 12.8 Å². The number of rotatable bonds is 4. The van der Waals surface area contributed by atoms with Crippen molar-refractivity contribution in [3.8, 4) is 0 Å². The Labute approximate surface area is 106 Å². The van der Waals surface area contributed by atoms with Gasteiger partial charge in [-0.3, -0.25) is 11.3 Å². The summed E-state index contributed by atoms with van der Waals surface area (Å²) in [6.07, 6.45) is 2.47. The molecular weight excluding hydrogens is 240 g/mol. The fraction of sp³-hybridized carbons (Fsp3) is 0.417. The van der Waals surface area contributed by atoms with Crippen molar-refractivity contribution in [2.75, 3.05) is 12.4 Å². The van der Waals surface area contributed by atoms with Crippen molar-refractivity contribution in [3.05, 3.63) is 35.9 Å². The van der Waals surface area contributed by atoms with E-state index in [9.17, 15) is 4.79 Å². The molecule has 0 spiro atoms. The van der Waals surface area contributed by atoms with Crippen LogP contribution in [-0.2, 0) is 0 Å². The van der Waals surface area contributed by atoms with Crippen LogP contribution in [0.5, 0.6) is 0 Å². The van der Waals surface area contributed by atoms with Gasteiger partial charge in [0.05, 0.1) is 5.56 Å². The minimum absolute atomic E-state index is 0.331. The number of carboxylic acid groups (broad SMARTS) is 1. The van der Waals surface area contributed by atoms with Crippen LogP contribution in [0.25, 0.3) is 0 Å². The van der Waals surface area contributed by atoms with Crippen molar-refractivity contribution >= 4 is 17.6 Å². The molecule has 1 aromatic carbocycles. The number of benzene rings is 1. The van der Waals surface area contributed by atoms with Gasteiger partial charge in [-0.25, -0.2) is 4.79 Å². The topological polar surface area (TPSA) is 75.3 Å². The maximum atomic E-state index is 10.2. The number of hydrogen-bond acceptors (Lipinski definition) is 3. The molecular formula is C12H17ClN2O2. The normalized spacial score (nSPS) is 15.6. The summed E-state index contributed by atoms with van der Waals surface area (Å²) in [5.74, 6) is 4.99. The van der Waals surface area contributed by atoms with E-state index in [-0.39, 0.29) is 0 Å². The van der Waals surface area contributed by atoms with Gasteiger partial charge in [0.1, 0.15) is 0 Å². The van der Waals surface area contributed by atoms with Gasteiger partial charge < -0.3 is 5.11 Å². The Hall–Kier alpha value is -1.10. The molecule has 2 rings (SSSR count). The first-order valence-electron chi connectivity index (χ1n) is 5.41. The molecule has 0 saturated heterocycles. The molecule has 5 heteroatoms. The highest BCUT2D eigenvalue weighted by molar-refractivity contribution is 6.18. The van der Waals surface area contributed by atoms with Gasteiger partial charge in [-0.2, -0.15) is 0 Å². The van der Waals surface area contributed by atoms with Gasteiger partial charge in [0.2, 0.25) is 0 Å². The average Bonchev–Trinajstić information content (AvgIpc) is 3.12. The van der Waals surface area contributed by atoms with E-state index in [2.05, 4.69) is 5.43 Å². The summed E-state index contributed by atoms with van der Waals surface area (Å²) in [5.41, 5.74) is 3.34. The lowest BCUT2D eigenvalue weighted by Crippen LogP contribution is -2.30. The van der Waals surface area contributed by atoms with Crippen molar-refractivity contribution in [1.82, 2.24) is 5.43 Å². The van der Waals surface area contributed by atoms with Crippen LogP contribution < -0.4 is 11.3 Å². The van der Waals surface area contributed by atoms with Gasteiger partial charge in [0.25, 0.3) is 0 Å². The van der Waals surface area contributed by atoms with Crippen LogP contribution in [0.15, 0.2) is 30.3 Å². The number of hydrogen-bond donors (Lipinski definition) is 3. The number of hydrazine groups is 1. The largest absolute Gasteiger partial charge is 0.478 e. The lowest BCUT2D eigenvalue weighted by Gasteiger charge is -2.07. The molecule has 0 amide bonds. The second-order valence-corrected chi connectivity index (χ2v) is 4.45. The SMILES string of the molecule is NNCC1(CCl)CC1.O=C(O)c1ccccc1. The Morgan fingerprint density at radius 2 is 2.00 bits per heavy atom. The Morgan fingerprint density at radius 1 is 1.41 bits per heavy atom. The van der Waals surface area contributed by atoms with E-state index in [1.54, 1.807) is 30.3 Å². The van der Waals surface area contributed by atoms with Crippen molar-refractivity contribution in [1.29, 1.82) is 0 Å². The van der Waals surface area contributed by atoms with Gasteiger partial charge >= 0.3 is 5.97 Å². The quantitative estimate of drug-likeness (QED) is 0.437. The third-order valence-corrected chi connectivity index (χ3v) is 3.31. The fourth-order valence-corrected chi connectivity index (χ4v) is 1.69. The van der Waals surface area contributed by atoms with Crippen molar-refractivity contribution in [2.24, 2.45) is 11.3 Å². The molecule has 1 saturated carbocycles. The third kappa shape index (κ3) is 4.73. The smallest absolute Gasteiger partial charge is 0.335 e. The number of nitrogens with one attached hydrogen (secondary N) is 1. The Morgan fingerprint density at radius 3 is 2.24 bits per heavy atom. The molecule has 1 aliphatic rings. The highest BCUT2D eigenvalue weighted by Gasteiger charge is 2.40.